The van der Waals surface area contributed by atoms with Crippen LogP contribution < -0.4 is 0 Å². The highest BCUT2D eigenvalue weighted by atomic mass is 32.1. The topological polar surface area (TPSA) is 37.5 Å². The molecular formula is C15H22N2OS. The third-order valence-electron chi connectivity index (χ3n) is 4.36. The van der Waals surface area contributed by atoms with E-state index in [4.69, 9.17) is 0 Å². The minimum Gasteiger partial charge on any atom is -0.393 e. The van der Waals surface area contributed by atoms with Crippen LogP contribution in [0.25, 0.3) is 4.96 Å². The lowest BCUT2D eigenvalue weighted by atomic mass is 9.76. The zero-order chi connectivity index (χ0) is 13.2. The summed E-state index contributed by atoms with van der Waals surface area (Å²) in [7, 11) is 0. The maximum atomic E-state index is 10.2. The summed E-state index contributed by atoms with van der Waals surface area (Å²) in [5.41, 5.74) is 1.13. The molecule has 0 aliphatic heterocycles. The quantitative estimate of drug-likeness (QED) is 0.929. The molecule has 0 aromatic carbocycles. The zero-order valence-electron chi connectivity index (χ0n) is 11.5. The van der Waals surface area contributed by atoms with Gasteiger partial charge in [-0.25, -0.2) is 4.98 Å². The predicted molar refractivity (Wildman–Crippen MR) is 78.5 cm³/mol. The molecule has 1 aliphatic carbocycles. The lowest BCUT2D eigenvalue weighted by Crippen LogP contribution is -2.30. The Morgan fingerprint density at radius 3 is 3.16 bits per heavy atom. The van der Waals surface area contributed by atoms with E-state index < -0.39 is 0 Å². The number of imidazole rings is 1. The van der Waals surface area contributed by atoms with Crippen molar-refractivity contribution in [2.75, 3.05) is 0 Å². The van der Waals surface area contributed by atoms with E-state index in [1.807, 2.05) is 6.20 Å². The van der Waals surface area contributed by atoms with Crippen molar-refractivity contribution in [3.63, 3.8) is 0 Å². The molecule has 2 heterocycles. The third-order valence-corrected chi connectivity index (χ3v) is 5.13. The fourth-order valence-electron chi connectivity index (χ4n) is 3.38. The molecule has 1 aliphatic rings. The molecule has 1 fully saturated rings. The summed E-state index contributed by atoms with van der Waals surface area (Å²) in [5.74, 6) is 1.21. The van der Waals surface area contributed by atoms with Gasteiger partial charge < -0.3 is 5.11 Å². The number of nitrogens with zero attached hydrogens (tertiary/aromatic N) is 2. The van der Waals surface area contributed by atoms with Gasteiger partial charge in [0.25, 0.3) is 0 Å². The normalized spacial score (nSPS) is 28.0. The number of thiazole rings is 1. The number of hydrogen-bond acceptors (Lipinski definition) is 3. The fourth-order valence-corrected chi connectivity index (χ4v) is 4.10. The first-order valence-electron chi connectivity index (χ1n) is 7.35. The Labute approximate surface area is 118 Å². The summed E-state index contributed by atoms with van der Waals surface area (Å²) in [6.45, 7) is 2.25. The van der Waals surface area contributed by atoms with Crippen LogP contribution in [0.15, 0.2) is 17.8 Å². The van der Waals surface area contributed by atoms with Crippen LogP contribution in [0.2, 0.25) is 0 Å². The van der Waals surface area contributed by atoms with Gasteiger partial charge in [-0.2, -0.15) is 0 Å². The molecule has 1 saturated carbocycles. The molecule has 2 aromatic heterocycles. The van der Waals surface area contributed by atoms with Crippen molar-refractivity contribution in [1.82, 2.24) is 9.38 Å². The minimum absolute atomic E-state index is 0.132. The Morgan fingerprint density at radius 1 is 1.47 bits per heavy atom. The fraction of sp³-hybridized carbons (Fsp3) is 0.667. The zero-order valence-corrected chi connectivity index (χ0v) is 12.3. The second-order valence-corrected chi connectivity index (χ2v) is 6.70. The molecule has 0 saturated heterocycles. The molecule has 2 aromatic rings. The van der Waals surface area contributed by atoms with Gasteiger partial charge in [0.05, 0.1) is 11.8 Å². The molecular weight excluding hydrogens is 256 g/mol. The van der Waals surface area contributed by atoms with Gasteiger partial charge >= 0.3 is 0 Å². The van der Waals surface area contributed by atoms with Crippen LogP contribution in [0.3, 0.4) is 0 Å². The Bertz CT molecular complexity index is 504. The van der Waals surface area contributed by atoms with Crippen molar-refractivity contribution in [3.05, 3.63) is 23.5 Å². The van der Waals surface area contributed by atoms with Crippen LogP contribution >= 0.6 is 11.3 Å². The number of hydrogen-bond donors (Lipinski definition) is 1. The van der Waals surface area contributed by atoms with Crippen molar-refractivity contribution in [2.45, 2.75) is 51.6 Å². The average molecular weight is 278 g/mol. The molecule has 3 rings (SSSR count). The highest BCUT2D eigenvalue weighted by Gasteiger charge is 2.29. The van der Waals surface area contributed by atoms with Crippen molar-refractivity contribution in [1.29, 1.82) is 0 Å². The maximum absolute atomic E-state index is 10.2. The Kier molecular flexibility index (Phi) is 3.89. The van der Waals surface area contributed by atoms with Crippen LogP contribution in [-0.2, 0) is 6.42 Å². The lowest BCUT2D eigenvalue weighted by Gasteiger charge is -2.33. The Balaban J connectivity index is 1.68. The van der Waals surface area contributed by atoms with E-state index >= 15 is 0 Å². The first kappa shape index (κ1) is 13.1. The molecule has 3 atom stereocenters. The summed E-state index contributed by atoms with van der Waals surface area (Å²) >= 11 is 1.67. The summed E-state index contributed by atoms with van der Waals surface area (Å²) in [6, 6.07) is 0. The lowest BCUT2D eigenvalue weighted by molar-refractivity contribution is 0.0459. The molecule has 0 radical (unpaired) electrons. The second kappa shape index (κ2) is 5.63. The van der Waals surface area contributed by atoms with Crippen molar-refractivity contribution < 1.29 is 5.11 Å². The van der Waals surface area contributed by atoms with Crippen molar-refractivity contribution >= 4 is 16.3 Å². The minimum atomic E-state index is -0.132. The van der Waals surface area contributed by atoms with E-state index in [0.717, 1.165) is 29.4 Å². The summed E-state index contributed by atoms with van der Waals surface area (Å²) < 4.78 is 2.08. The first-order valence-corrected chi connectivity index (χ1v) is 8.23. The summed E-state index contributed by atoms with van der Waals surface area (Å²) in [6.07, 6.45) is 10.9. The van der Waals surface area contributed by atoms with Gasteiger partial charge in [-0.1, -0.05) is 19.8 Å². The van der Waals surface area contributed by atoms with Gasteiger partial charge in [0.15, 0.2) is 4.96 Å². The standard InChI is InChI=1S/C15H22N2OS/c1-2-3-11-4-5-14(18)12(8-11)9-13-10-17-6-7-19-15(17)16-13/h6-7,10-12,14,18H,2-5,8-9H2,1H3. The largest absolute Gasteiger partial charge is 0.393 e. The molecule has 4 heteroatoms. The summed E-state index contributed by atoms with van der Waals surface area (Å²) in [4.78, 5) is 5.70. The van der Waals surface area contributed by atoms with Crippen molar-refractivity contribution in [3.8, 4) is 0 Å². The van der Waals surface area contributed by atoms with E-state index in [1.165, 1.54) is 25.7 Å². The van der Waals surface area contributed by atoms with E-state index in [2.05, 4.69) is 27.9 Å². The molecule has 104 valence electrons. The molecule has 0 spiro atoms. The number of rotatable bonds is 4. The average Bonchev–Trinajstić information content (AvgIpc) is 2.94. The van der Waals surface area contributed by atoms with Crippen LogP contribution in [0.4, 0.5) is 0 Å². The second-order valence-electron chi connectivity index (χ2n) is 5.82. The van der Waals surface area contributed by atoms with E-state index in [0.29, 0.717) is 5.92 Å². The van der Waals surface area contributed by atoms with Gasteiger partial charge in [0.2, 0.25) is 0 Å². The smallest absolute Gasteiger partial charge is 0.193 e. The van der Waals surface area contributed by atoms with Crippen LogP contribution in [0.5, 0.6) is 0 Å². The molecule has 3 unspecified atom stereocenters. The van der Waals surface area contributed by atoms with E-state index in [-0.39, 0.29) is 6.10 Å². The van der Waals surface area contributed by atoms with Crippen LogP contribution in [-0.4, -0.2) is 20.6 Å². The first-order chi connectivity index (χ1) is 9.26. The van der Waals surface area contributed by atoms with E-state index in [9.17, 15) is 5.11 Å². The summed E-state index contributed by atoms with van der Waals surface area (Å²) in [5, 5.41) is 12.3. The number of aromatic nitrogens is 2. The van der Waals surface area contributed by atoms with Crippen molar-refractivity contribution in [2.24, 2.45) is 11.8 Å². The van der Waals surface area contributed by atoms with Gasteiger partial charge in [-0.05, 0) is 37.5 Å². The molecule has 0 bridgehead atoms. The monoisotopic (exact) mass is 278 g/mol. The van der Waals surface area contributed by atoms with Gasteiger partial charge in [-0.3, -0.25) is 4.40 Å². The number of aliphatic hydroxyl groups excluding tert-OH is 1. The van der Waals surface area contributed by atoms with Crippen LogP contribution in [0, 0.1) is 11.8 Å². The maximum Gasteiger partial charge on any atom is 0.193 e. The Morgan fingerprint density at radius 2 is 2.37 bits per heavy atom. The molecule has 3 nitrogen and oxygen atoms in total. The molecule has 0 amide bonds. The highest BCUT2D eigenvalue weighted by molar-refractivity contribution is 7.15. The number of fused-ring (bicyclic) bond motifs is 1. The molecule has 19 heavy (non-hydrogen) atoms. The van der Waals surface area contributed by atoms with Gasteiger partial charge in [0, 0.05) is 17.8 Å². The van der Waals surface area contributed by atoms with Gasteiger partial charge in [0.1, 0.15) is 0 Å². The highest BCUT2D eigenvalue weighted by Crippen LogP contribution is 2.34. The number of aliphatic hydroxyl groups is 1. The SMILES string of the molecule is CCCC1CCC(O)C(Cc2cn3ccsc3n2)C1. The third kappa shape index (κ3) is 2.84. The van der Waals surface area contributed by atoms with Crippen LogP contribution in [0.1, 0.15) is 44.7 Å². The molecule has 1 N–H and O–H groups in total. The predicted octanol–water partition coefficient (Wildman–Crippen LogP) is 3.52. The Hall–Kier alpha value is -0.870. The van der Waals surface area contributed by atoms with E-state index in [1.54, 1.807) is 11.3 Å². The van der Waals surface area contributed by atoms with Gasteiger partial charge in [-0.15, -0.1) is 11.3 Å².